The standard InChI is InChI=1S/C12H17N5O/c1-3-12(6-4-7-13-12)11-14-10(16-18-11)9-5-8-17(2)15-9/h5,8,13H,3-4,6-7H2,1-2H3. The largest absolute Gasteiger partial charge is 0.337 e. The Kier molecular flexibility index (Phi) is 2.66. The molecule has 2 aromatic heterocycles. The molecule has 0 spiro atoms. The molecule has 18 heavy (non-hydrogen) atoms. The number of nitrogens with one attached hydrogen (secondary N) is 1. The van der Waals surface area contributed by atoms with Gasteiger partial charge in [0.15, 0.2) is 0 Å². The molecular weight excluding hydrogens is 230 g/mol. The second-order valence-electron chi connectivity index (χ2n) is 4.76. The third-order valence-corrected chi connectivity index (χ3v) is 3.63. The van der Waals surface area contributed by atoms with Crippen LogP contribution in [0.2, 0.25) is 0 Å². The van der Waals surface area contributed by atoms with E-state index in [2.05, 4.69) is 27.5 Å². The highest BCUT2D eigenvalue weighted by Crippen LogP contribution is 2.33. The van der Waals surface area contributed by atoms with E-state index in [0.717, 1.165) is 31.5 Å². The molecule has 1 unspecified atom stereocenters. The van der Waals surface area contributed by atoms with Gasteiger partial charge in [0.25, 0.3) is 0 Å². The van der Waals surface area contributed by atoms with Crippen LogP contribution in [0.3, 0.4) is 0 Å². The number of aromatic nitrogens is 4. The zero-order valence-electron chi connectivity index (χ0n) is 10.7. The van der Waals surface area contributed by atoms with E-state index in [-0.39, 0.29) is 5.54 Å². The van der Waals surface area contributed by atoms with Crippen LogP contribution in [0.4, 0.5) is 0 Å². The predicted molar refractivity (Wildman–Crippen MR) is 65.7 cm³/mol. The predicted octanol–water partition coefficient (Wildman–Crippen LogP) is 1.46. The molecule has 0 amide bonds. The minimum Gasteiger partial charge on any atom is -0.337 e. The minimum atomic E-state index is -0.139. The van der Waals surface area contributed by atoms with Gasteiger partial charge in [-0.2, -0.15) is 10.1 Å². The van der Waals surface area contributed by atoms with E-state index in [9.17, 15) is 0 Å². The molecule has 0 saturated carbocycles. The number of aryl methyl sites for hydroxylation is 1. The molecule has 1 saturated heterocycles. The van der Waals surface area contributed by atoms with Crippen molar-refractivity contribution in [1.82, 2.24) is 25.2 Å². The van der Waals surface area contributed by atoms with Gasteiger partial charge in [0.2, 0.25) is 11.7 Å². The Balaban J connectivity index is 1.93. The fraction of sp³-hybridized carbons (Fsp3) is 0.583. The van der Waals surface area contributed by atoms with Crippen LogP contribution >= 0.6 is 0 Å². The molecule has 2 aromatic rings. The summed E-state index contributed by atoms with van der Waals surface area (Å²) in [5.41, 5.74) is 0.608. The van der Waals surface area contributed by atoms with E-state index in [0.29, 0.717) is 11.7 Å². The van der Waals surface area contributed by atoms with Crippen molar-refractivity contribution in [3.63, 3.8) is 0 Å². The Labute approximate surface area is 105 Å². The molecule has 6 heteroatoms. The second-order valence-corrected chi connectivity index (χ2v) is 4.76. The van der Waals surface area contributed by atoms with E-state index in [1.165, 1.54) is 0 Å². The molecule has 6 nitrogen and oxygen atoms in total. The van der Waals surface area contributed by atoms with Crippen molar-refractivity contribution in [1.29, 1.82) is 0 Å². The Morgan fingerprint density at radius 2 is 2.44 bits per heavy atom. The average molecular weight is 247 g/mol. The molecule has 1 atom stereocenters. The fourth-order valence-corrected chi connectivity index (χ4v) is 2.50. The highest BCUT2D eigenvalue weighted by Gasteiger charge is 2.39. The first-order valence-corrected chi connectivity index (χ1v) is 6.33. The molecule has 96 valence electrons. The maximum atomic E-state index is 5.43. The van der Waals surface area contributed by atoms with Crippen molar-refractivity contribution < 1.29 is 4.52 Å². The lowest BCUT2D eigenvalue weighted by Crippen LogP contribution is -2.36. The number of rotatable bonds is 3. The van der Waals surface area contributed by atoms with Crippen molar-refractivity contribution in [3.05, 3.63) is 18.2 Å². The Morgan fingerprint density at radius 1 is 1.56 bits per heavy atom. The summed E-state index contributed by atoms with van der Waals surface area (Å²) in [4.78, 5) is 4.50. The molecule has 0 aromatic carbocycles. The van der Waals surface area contributed by atoms with Gasteiger partial charge in [0, 0.05) is 13.2 Å². The molecule has 1 fully saturated rings. The first-order valence-electron chi connectivity index (χ1n) is 6.33. The molecule has 1 N–H and O–H groups in total. The van der Waals surface area contributed by atoms with Crippen LogP contribution < -0.4 is 5.32 Å². The van der Waals surface area contributed by atoms with Gasteiger partial charge in [0.05, 0.1) is 5.54 Å². The molecular formula is C12H17N5O. The second kappa shape index (κ2) is 4.20. The van der Waals surface area contributed by atoms with Crippen LogP contribution in [0.25, 0.3) is 11.5 Å². The summed E-state index contributed by atoms with van der Waals surface area (Å²) < 4.78 is 7.16. The minimum absolute atomic E-state index is 0.139. The lowest BCUT2D eigenvalue weighted by Gasteiger charge is -2.22. The van der Waals surface area contributed by atoms with E-state index in [4.69, 9.17) is 4.52 Å². The zero-order valence-corrected chi connectivity index (χ0v) is 10.7. The van der Waals surface area contributed by atoms with Crippen molar-refractivity contribution in [2.75, 3.05) is 6.54 Å². The SMILES string of the molecule is CCC1(c2nc(-c3ccn(C)n3)no2)CCCN1. The summed E-state index contributed by atoms with van der Waals surface area (Å²) in [7, 11) is 1.87. The van der Waals surface area contributed by atoms with Gasteiger partial charge in [-0.3, -0.25) is 4.68 Å². The molecule has 0 bridgehead atoms. The van der Waals surface area contributed by atoms with Crippen molar-refractivity contribution >= 4 is 0 Å². The summed E-state index contributed by atoms with van der Waals surface area (Å²) in [5.74, 6) is 1.25. The van der Waals surface area contributed by atoms with E-state index < -0.39 is 0 Å². The third kappa shape index (κ3) is 1.73. The molecule has 1 aliphatic heterocycles. The van der Waals surface area contributed by atoms with Crippen LogP contribution in [0.1, 0.15) is 32.1 Å². The summed E-state index contributed by atoms with van der Waals surface area (Å²) in [6, 6.07) is 1.88. The Bertz CT molecular complexity index is 538. The van der Waals surface area contributed by atoms with Crippen molar-refractivity contribution in [2.45, 2.75) is 31.7 Å². The molecule has 1 aliphatic rings. The molecule has 3 heterocycles. The monoisotopic (exact) mass is 247 g/mol. The summed E-state index contributed by atoms with van der Waals surface area (Å²) in [5, 5.41) is 11.8. The van der Waals surface area contributed by atoms with E-state index >= 15 is 0 Å². The van der Waals surface area contributed by atoms with Gasteiger partial charge in [-0.05, 0) is 31.9 Å². The maximum absolute atomic E-state index is 5.43. The highest BCUT2D eigenvalue weighted by atomic mass is 16.5. The van der Waals surface area contributed by atoms with Crippen molar-refractivity contribution in [2.24, 2.45) is 7.05 Å². The van der Waals surface area contributed by atoms with Crippen LogP contribution in [-0.4, -0.2) is 26.5 Å². The number of hydrogen-bond acceptors (Lipinski definition) is 5. The third-order valence-electron chi connectivity index (χ3n) is 3.63. The quantitative estimate of drug-likeness (QED) is 0.889. The fourth-order valence-electron chi connectivity index (χ4n) is 2.50. The van der Waals surface area contributed by atoms with E-state index in [1.54, 1.807) is 4.68 Å². The normalized spacial score (nSPS) is 23.7. The first-order chi connectivity index (χ1) is 8.73. The lowest BCUT2D eigenvalue weighted by molar-refractivity contribution is 0.250. The Hall–Kier alpha value is -1.69. The van der Waals surface area contributed by atoms with Crippen LogP contribution in [0, 0.1) is 0 Å². The number of hydrogen-bond donors (Lipinski definition) is 1. The molecule has 3 rings (SSSR count). The van der Waals surface area contributed by atoms with Gasteiger partial charge < -0.3 is 9.84 Å². The zero-order chi connectivity index (χ0) is 12.6. The smallest absolute Gasteiger partial charge is 0.247 e. The lowest BCUT2D eigenvalue weighted by atomic mass is 9.94. The van der Waals surface area contributed by atoms with E-state index in [1.807, 2.05) is 19.3 Å². The van der Waals surface area contributed by atoms with Crippen LogP contribution in [0.5, 0.6) is 0 Å². The average Bonchev–Trinajstić information content (AvgIpc) is 3.08. The van der Waals surface area contributed by atoms with Crippen LogP contribution in [-0.2, 0) is 12.6 Å². The van der Waals surface area contributed by atoms with Crippen molar-refractivity contribution in [3.8, 4) is 11.5 Å². The summed E-state index contributed by atoms with van der Waals surface area (Å²) in [6.07, 6.45) is 5.02. The highest BCUT2D eigenvalue weighted by molar-refractivity contribution is 5.46. The number of nitrogens with zero attached hydrogens (tertiary/aromatic N) is 4. The summed E-state index contributed by atoms with van der Waals surface area (Å²) >= 11 is 0. The van der Waals surface area contributed by atoms with Gasteiger partial charge in [0.1, 0.15) is 5.69 Å². The first kappa shape index (κ1) is 11.4. The van der Waals surface area contributed by atoms with Gasteiger partial charge >= 0.3 is 0 Å². The van der Waals surface area contributed by atoms with Gasteiger partial charge in [-0.1, -0.05) is 12.1 Å². The van der Waals surface area contributed by atoms with Gasteiger partial charge in [-0.15, -0.1) is 0 Å². The Morgan fingerprint density at radius 3 is 3.06 bits per heavy atom. The topological polar surface area (TPSA) is 68.8 Å². The summed E-state index contributed by atoms with van der Waals surface area (Å²) in [6.45, 7) is 3.15. The molecule has 0 radical (unpaired) electrons. The van der Waals surface area contributed by atoms with Gasteiger partial charge in [-0.25, -0.2) is 0 Å². The van der Waals surface area contributed by atoms with Crippen LogP contribution in [0.15, 0.2) is 16.8 Å². The molecule has 0 aliphatic carbocycles. The maximum Gasteiger partial charge on any atom is 0.247 e.